The minimum atomic E-state index is -0.644. The van der Waals surface area contributed by atoms with Gasteiger partial charge in [0.25, 0.3) is 11.8 Å². The first-order chi connectivity index (χ1) is 13.2. The molecule has 1 aromatic rings. The van der Waals surface area contributed by atoms with Crippen LogP contribution < -0.4 is 5.32 Å². The van der Waals surface area contributed by atoms with E-state index in [9.17, 15) is 19.2 Å². The molecule has 2 aliphatic heterocycles. The topological polar surface area (TPSA) is 96.0 Å². The fourth-order valence-electron chi connectivity index (χ4n) is 3.38. The van der Waals surface area contributed by atoms with Crippen molar-refractivity contribution in [2.45, 2.75) is 30.7 Å². The Morgan fingerprint density at radius 1 is 1.29 bits per heavy atom. The van der Waals surface area contributed by atoms with Crippen molar-refractivity contribution in [1.29, 1.82) is 0 Å². The van der Waals surface area contributed by atoms with Gasteiger partial charge in [0.15, 0.2) is 6.61 Å². The molecule has 0 radical (unpaired) electrons. The van der Waals surface area contributed by atoms with Crippen molar-refractivity contribution in [3.05, 3.63) is 29.8 Å². The maximum absolute atomic E-state index is 12.4. The number of benzene rings is 1. The van der Waals surface area contributed by atoms with Gasteiger partial charge >= 0.3 is 5.97 Å². The molecular weight excluding hydrogens is 382 g/mol. The number of fused-ring (bicyclic) bond motifs is 1. The maximum atomic E-state index is 12.4. The fraction of sp³-hybridized carbons (Fsp3) is 0.474. The van der Waals surface area contributed by atoms with Crippen LogP contribution in [-0.4, -0.2) is 70.9 Å². The smallest absolute Gasteiger partial charge is 0.330 e. The molecule has 150 valence electrons. The summed E-state index contributed by atoms with van der Waals surface area (Å²) >= 11 is 1.57. The Balaban J connectivity index is 1.51. The summed E-state index contributed by atoms with van der Waals surface area (Å²) in [6.45, 7) is 1.52. The summed E-state index contributed by atoms with van der Waals surface area (Å²) in [7, 11) is 3.32. The summed E-state index contributed by atoms with van der Waals surface area (Å²) < 4.78 is 5.14. The van der Waals surface area contributed by atoms with Gasteiger partial charge in [-0.25, -0.2) is 4.79 Å². The Hall–Kier alpha value is -2.55. The molecule has 0 unspecified atom stereocenters. The molecule has 1 aromatic carbocycles. The molecule has 9 heteroatoms. The predicted octanol–water partition coefficient (Wildman–Crippen LogP) is 1.32. The number of esters is 1. The van der Waals surface area contributed by atoms with Crippen molar-refractivity contribution in [3.63, 3.8) is 0 Å². The second-order valence-corrected chi connectivity index (χ2v) is 8.70. The van der Waals surface area contributed by atoms with Gasteiger partial charge in [-0.1, -0.05) is 0 Å². The zero-order valence-corrected chi connectivity index (χ0v) is 16.9. The van der Waals surface area contributed by atoms with E-state index in [2.05, 4.69) is 5.32 Å². The van der Waals surface area contributed by atoms with Crippen molar-refractivity contribution >= 4 is 41.1 Å². The van der Waals surface area contributed by atoms with Gasteiger partial charge in [0.05, 0.1) is 4.87 Å². The lowest BCUT2D eigenvalue weighted by atomic mass is 10.2. The van der Waals surface area contributed by atoms with Gasteiger partial charge < -0.3 is 19.9 Å². The van der Waals surface area contributed by atoms with Gasteiger partial charge in [0, 0.05) is 37.5 Å². The number of ether oxygens (including phenoxy) is 1. The largest absolute Gasteiger partial charge is 0.454 e. The van der Waals surface area contributed by atoms with Crippen molar-refractivity contribution < 1.29 is 23.9 Å². The molecule has 0 bridgehead atoms. The normalized spacial score (nSPS) is 23.3. The summed E-state index contributed by atoms with van der Waals surface area (Å²) in [5.41, 5.74) is 1.00. The van der Waals surface area contributed by atoms with Crippen molar-refractivity contribution in [2.24, 2.45) is 0 Å². The molecule has 2 fully saturated rings. The van der Waals surface area contributed by atoms with E-state index in [1.807, 2.05) is 6.92 Å². The highest BCUT2D eigenvalue weighted by molar-refractivity contribution is 8.01. The van der Waals surface area contributed by atoms with E-state index in [-0.39, 0.29) is 16.7 Å². The standard InChI is InChI=1S/C19H23N3O5S/c1-19-9-8-16(24)22(19)14(11-28-19)18(26)27-10-15(23)20-13-6-4-12(5-7-13)17(25)21(2)3/h4-7,14H,8-11H2,1-3H3,(H,20,23)/t14-,19+/m0/s1. The van der Waals surface area contributed by atoms with Crippen LogP contribution in [0.3, 0.4) is 0 Å². The Morgan fingerprint density at radius 2 is 1.96 bits per heavy atom. The highest BCUT2D eigenvalue weighted by Crippen LogP contribution is 2.47. The van der Waals surface area contributed by atoms with Crippen LogP contribution in [0.2, 0.25) is 0 Å². The van der Waals surface area contributed by atoms with Crippen LogP contribution >= 0.6 is 11.8 Å². The Morgan fingerprint density at radius 3 is 2.61 bits per heavy atom. The summed E-state index contributed by atoms with van der Waals surface area (Å²) in [4.78, 5) is 51.1. The highest BCUT2D eigenvalue weighted by Gasteiger charge is 2.53. The third kappa shape index (κ3) is 3.99. The number of nitrogens with one attached hydrogen (secondary N) is 1. The van der Waals surface area contributed by atoms with Gasteiger partial charge in [-0.15, -0.1) is 11.8 Å². The zero-order chi connectivity index (χ0) is 20.5. The summed E-state index contributed by atoms with van der Waals surface area (Å²) in [6.07, 6.45) is 1.15. The van der Waals surface area contributed by atoms with Crippen LogP contribution in [0.4, 0.5) is 5.69 Å². The molecule has 2 saturated heterocycles. The lowest BCUT2D eigenvalue weighted by Crippen LogP contribution is -2.47. The third-order valence-electron chi connectivity index (χ3n) is 4.88. The fourth-order valence-corrected chi connectivity index (χ4v) is 4.80. The van der Waals surface area contributed by atoms with Gasteiger partial charge in [0.2, 0.25) is 5.91 Å². The van der Waals surface area contributed by atoms with E-state index >= 15 is 0 Å². The van der Waals surface area contributed by atoms with Gasteiger partial charge in [-0.05, 0) is 37.6 Å². The Labute approximate surface area is 167 Å². The first-order valence-corrected chi connectivity index (χ1v) is 9.94. The molecule has 0 aromatic heterocycles. The number of anilines is 1. The molecule has 3 rings (SSSR count). The monoisotopic (exact) mass is 405 g/mol. The first-order valence-electron chi connectivity index (χ1n) is 8.95. The number of carbonyl (C=O) groups excluding carboxylic acids is 4. The predicted molar refractivity (Wildman–Crippen MR) is 105 cm³/mol. The minimum Gasteiger partial charge on any atom is -0.454 e. The Bertz CT molecular complexity index is 810. The summed E-state index contributed by atoms with van der Waals surface area (Å²) in [5, 5.41) is 2.62. The number of hydrogen-bond donors (Lipinski definition) is 1. The lowest BCUT2D eigenvalue weighted by Gasteiger charge is -2.29. The van der Waals surface area contributed by atoms with Crippen molar-refractivity contribution in [2.75, 3.05) is 31.8 Å². The molecule has 2 heterocycles. The average molecular weight is 405 g/mol. The van der Waals surface area contributed by atoms with E-state index in [0.717, 1.165) is 0 Å². The lowest BCUT2D eigenvalue weighted by molar-refractivity contribution is -0.155. The molecule has 2 aliphatic rings. The van der Waals surface area contributed by atoms with Crippen LogP contribution in [0.5, 0.6) is 0 Å². The molecule has 3 amide bonds. The second-order valence-electron chi connectivity index (χ2n) is 7.20. The van der Waals surface area contributed by atoms with Crippen molar-refractivity contribution in [3.8, 4) is 0 Å². The number of thioether (sulfide) groups is 1. The van der Waals surface area contributed by atoms with Gasteiger partial charge in [-0.2, -0.15) is 0 Å². The summed E-state index contributed by atoms with van der Waals surface area (Å²) in [6, 6.07) is 5.80. The maximum Gasteiger partial charge on any atom is 0.330 e. The molecule has 28 heavy (non-hydrogen) atoms. The second kappa shape index (κ2) is 7.83. The van der Waals surface area contributed by atoms with Crippen LogP contribution in [0, 0.1) is 0 Å². The zero-order valence-electron chi connectivity index (χ0n) is 16.1. The number of hydrogen-bond acceptors (Lipinski definition) is 6. The SMILES string of the molecule is CN(C)C(=O)c1ccc(NC(=O)COC(=O)[C@@H]2CS[C@]3(C)CCC(=O)N23)cc1. The third-order valence-corrected chi connectivity index (χ3v) is 6.39. The van der Waals surface area contributed by atoms with E-state index < -0.39 is 24.5 Å². The molecule has 0 aliphatic carbocycles. The van der Waals surface area contributed by atoms with Crippen molar-refractivity contribution in [1.82, 2.24) is 9.80 Å². The molecule has 8 nitrogen and oxygen atoms in total. The average Bonchev–Trinajstić information content (AvgIpc) is 3.15. The van der Waals surface area contributed by atoms with Crippen LogP contribution in [0.25, 0.3) is 0 Å². The van der Waals surface area contributed by atoms with Crippen LogP contribution in [0.15, 0.2) is 24.3 Å². The van der Waals surface area contributed by atoms with Gasteiger partial charge in [-0.3, -0.25) is 14.4 Å². The summed E-state index contributed by atoms with van der Waals surface area (Å²) in [5.74, 6) is -0.755. The number of nitrogens with zero attached hydrogens (tertiary/aromatic N) is 2. The van der Waals surface area contributed by atoms with Crippen LogP contribution in [-0.2, 0) is 19.1 Å². The molecule has 0 saturated carbocycles. The quantitative estimate of drug-likeness (QED) is 0.743. The molecule has 2 atom stereocenters. The number of carbonyl (C=O) groups is 4. The van der Waals surface area contributed by atoms with E-state index in [0.29, 0.717) is 29.8 Å². The van der Waals surface area contributed by atoms with E-state index in [1.54, 1.807) is 55.0 Å². The number of amides is 3. The minimum absolute atomic E-state index is 0.0498. The molecule has 0 spiro atoms. The molecule has 1 N–H and O–H groups in total. The van der Waals surface area contributed by atoms with E-state index in [4.69, 9.17) is 4.74 Å². The first kappa shape index (κ1) is 20.2. The number of rotatable bonds is 5. The highest BCUT2D eigenvalue weighted by atomic mass is 32.2. The van der Waals surface area contributed by atoms with Gasteiger partial charge in [0.1, 0.15) is 6.04 Å². The van der Waals surface area contributed by atoms with E-state index in [1.165, 1.54) is 4.90 Å². The Kier molecular flexibility index (Phi) is 5.64. The van der Waals surface area contributed by atoms with Crippen LogP contribution in [0.1, 0.15) is 30.1 Å². The molecular formula is C19H23N3O5S.